The second-order valence-corrected chi connectivity index (χ2v) is 4.54. The number of esters is 1. The van der Waals surface area contributed by atoms with Crippen LogP contribution >= 0.6 is 11.6 Å². The number of carbonyl (C=O) groups excluding carboxylic acids is 1. The second kappa shape index (κ2) is 4.94. The third kappa shape index (κ3) is 2.02. The number of aromatic nitrogens is 3. The number of ether oxygens (including phenoxy) is 1. The van der Waals surface area contributed by atoms with Crippen LogP contribution in [0.3, 0.4) is 0 Å². The summed E-state index contributed by atoms with van der Waals surface area (Å²) >= 11 is 6.15. The van der Waals surface area contributed by atoms with Crippen LogP contribution in [0.5, 0.6) is 0 Å². The number of hydrogen-bond acceptors (Lipinski definition) is 4. The minimum atomic E-state index is -0.463. The maximum absolute atomic E-state index is 11.4. The number of carbonyl (C=O) groups is 1. The number of imidazole rings is 1. The van der Waals surface area contributed by atoms with Crippen LogP contribution < -0.4 is 0 Å². The van der Waals surface area contributed by atoms with E-state index >= 15 is 0 Å². The molecule has 3 rings (SSSR count). The molecule has 2 aromatic heterocycles. The molecule has 3 aromatic rings. The summed E-state index contributed by atoms with van der Waals surface area (Å²) in [6, 6.07) is 7.30. The van der Waals surface area contributed by atoms with E-state index in [-0.39, 0.29) is 0 Å². The van der Waals surface area contributed by atoms with Crippen molar-refractivity contribution in [1.29, 1.82) is 0 Å². The van der Waals surface area contributed by atoms with E-state index in [1.807, 2.05) is 18.2 Å². The van der Waals surface area contributed by atoms with Crippen molar-refractivity contribution in [1.82, 2.24) is 15.0 Å². The highest BCUT2D eigenvalue weighted by molar-refractivity contribution is 6.35. The Bertz CT molecular complexity index is 798. The van der Waals surface area contributed by atoms with Gasteiger partial charge in [0.2, 0.25) is 0 Å². The zero-order chi connectivity index (χ0) is 14.1. The van der Waals surface area contributed by atoms with Crippen LogP contribution in [0.25, 0.3) is 22.3 Å². The molecule has 0 aliphatic rings. The average molecular weight is 288 g/mol. The van der Waals surface area contributed by atoms with Crippen molar-refractivity contribution in [3.8, 4) is 11.4 Å². The van der Waals surface area contributed by atoms with Gasteiger partial charge >= 0.3 is 5.97 Å². The molecule has 0 spiro atoms. The van der Waals surface area contributed by atoms with Crippen LogP contribution in [0.4, 0.5) is 0 Å². The lowest BCUT2D eigenvalue weighted by molar-refractivity contribution is 0.0595. The fraction of sp³-hybridized carbons (Fsp3) is 0.0714. The zero-order valence-electron chi connectivity index (χ0n) is 10.6. The lowest BCUT2D eigenvalue weighted by Gasteiger charge is -2.04. The van der Waals surface area contributed by atoms with Crippen molar-refractivity contribution >= 4 is 28.5 Å². The van der Waals surface area contributed by atoms with E-state index in [1.54, 1.807) is 12.3 Å². The molecule has 0 fully saturated rings. The van der Waals surface area contributed by atoms with E-state index < -0.39 is 5.97 Å². The Hall–Kier alpha value is -2.40. The van der Waals surface area contributed by atoms with E-state index in [1.165, 1.54) is 13.3 Å². The number of fused-ring (bicyclic) bond motifs is 1. The number of aromatic amines is 1. The molecule has 0 aliphatic carbocycles. The van der Waals surface area contributed by atoms with Gasteiger partial charge in [0, 0.05) is 17.1 Å². The minimum Gasteiger partial charge on any atom is -0.464 e. The minimum absolute atomic E-state index is 0.293. The molecular formula is C14H10ClN3O2. The SMILES string of the molecule is COC(=O)c1cnc(-c2ccc(Cl)c3cccnc23)[nH]1. The van der Waals surface area contributed by atoms with Gasteiger partial charge in [0.05, 0.1) is 23.8 Å². The molecule has 6 heteroatoms. The molecule has 0 aliphatic heterocycles. The first-order valence-corrected chi connectivity index (χ1v) is 6.25. The Balaban J connectivity index is 2.17. The van der Waals surface area contributed by atoms with Gasteiger partial charge in [-0.2, -0.15) is 0 Å². The van der Waals surface area contributed by atoms with Gasteiger partial charge in [0.25, 0.3) is 0 Å². The summed E-state index contributed by atoms with van der Waals surface area (Å²) in [6.45, 7) is 0. The van der Waals surface area contributed by atoms with Crippen molar-refractivity contribution in [2.45, 2.75) is 0 Å². The van der Waals surface area contributed by atoms with Crippen LogP contribution in [0.15, 0.2) is 36.7 Å². The summed E-state index contributed by atoms with van der Waals surface area (Å²) in [6.07, 6.45) is 3.12. The lowest BCUT2D eigenvalue weighted by atomic mass is 10.1. The number of benzene rings is 1. The first kappa shape index (κ1) is 12.6. The summed E-state index contributed by atoms with van der Waals surface area (Å²) in [5, 5.41) is 1.46. The third-order valence-corrected chi connectivity index (χ3v) is 3.28. The highest BCUT2D eigenvalue weighted by Gasteiger charge is 2.14. The Morgan fingerprint density at radius 1 is 1.30 bits per heavy atom. The predicted molar refractivity (Wildman–Crippen MR) is 75.7 cm³/mol. The number of halogens is 1. The summed E-state index contributed by atoms with van der Waals surface area (Å²) in [5.74, 6) is 0.0840. The molecule has 1 N–H and O–H groups in total. The quantitative estimate of drug-likeness (QED) is 0.736. The van der Waals surface area contributed by atoms with E-state index in [0.29, 0.717) is 16.5 Å². The normalized spacial score (nSPS) is 10.7. The van der Waals surface area contributed by atoms with Crippen molar-refractivity contribution < 1.29 is 9.53 Å². The number of rotatable bonds is 2. The Morgan fingerprint density at radius 2 is 2.15 bits per heavy atom. The summed E-state index contributed by atoms with van der Waals surface area (Å²) < 4.78 is 4.65. The highest BCUT2D eigenvalue weighted by atomic mass is 35.5. The van der Waals surface area contributed by atoms with Gasteiger partial charge in [-0.25, -0.2) is 9.78 Å². The number of hydrogen-bond donors (Lipinski definition) is 1. The van der Waals surface area contributed by atoms with E-state index in [9.17, 15) is 4.79 Å². The summed E-state index contributed by atoms with van der Waals surface area (Å²) in [4.78, 5) is 22.9. The first-order chi connectivity index (χ1) is 9.70. The van der Waals surface area contributed by atoms with E-state index in [2.05, 4.69) is 19.7 Å². The van der Waals surface area contributed by atoms with Crippen LogP contribution in [0.2, 0.25) is 5.02 Å². The molecule has 0 radical (unpaired) electrons. The standard InChI is InChI=1S/C14H10ClN3O2/c1-20-14(19)11-7-17-13(18-11)9-4-5-10(15)8-3-2-6-16-12(8)9/h2-7H,1H3,(H,17,18). The Labute approximate surface area is 119 Å². The Kier molecular flexibility index (Phi) is 3.12. The first-order valence-electron chi connectivity index (χ1n) is 5.87. The smallest absolute Gasteiger partial charge is 0.356 e. The topological polar surface area (TPSA) is 67.9 Å². The lowest BCUT2D eigenvalue weighted by Crippen LogP contribution is -2.01. The largest absolute Gasteiger partial charge is 0.464 e. The molecular weight excluding hydrogens is 278 g/mol. The molecule has 0 saturated heterocycles. The molecule has 1 aromatic carbocycles. The molecule has 2 heterocycles. The molecule has 100 valence electrons. The maximum Gasteiger partial charge on any atom is 0.356 e. The number of nitrogens with zero attached hydrogens (tertiary/aromatic N) is 2. The van der Waals surface area contributed by atoms with Gasteiger partial charge < -0.3 is 9.72 Å². The average Bonchev–Trinajstić information content (AvgIpc) is 2.97. The predicted octanol–water partition coefficient (Wildman–Crippen LogP) is 3.06. The van der Waals surface area contributed by atoms with Crippen molar-refractivity contribution in [2.24, 2.45) is 0 Å². The molecule has 0 unspecified atom stereocenters. The van der Waals surface area contributed by atoms with Gasteiger partial charge in [-0.1, -0.05) is 11.6 Å². The summed E-state index contributed by atoms with van der Waals surface area (Å²) in [7, 11) is 1.32. The molecule has 0 atom stereocenters. The number of H-pyrrole nitrogens is 1. The second-order valence-electron chi connectivity index (χ2n) is 4.13. The van der Waals surface area contributed by atoms with Crippen LogP contribution in [0, 0.1) is 0 Å². The van der Waals surface area contributed by atoms with Gasteiger partial charge in [0.1, 0.15) is 11.5 Å². The molecule has 0 bridgehead atoms. The van der Waals surface area contributed by atoms with Crippen molar-refractivity contribution in [3.05, 3.63) is 47.4 Å². The van der Waals surface area contributed by atoms with Crippen LogP contribution in [-0.2, 0) is 4.74 Å². The zero-order valence-corrected chi connectivity index (χ0v) is 11.3. The number of methoxy groups -OCH3 is 1. The number of pyridine rings is 1. The summed E-state index contributed by atoms with van der Waals surface area (Å²) in [5.41, 5.74) is 1.80. The van der Waals surface area contributed by atoms with Crippen LogP contribution in [-0.4, -0.2) is 28.0 Å². The molecule has 5 nitrogen and oxygen atoms in total. The van der Waals surface area contributed by atoms with E-state index in [4.69, 9.17) is 11.6 Å². The van der Waals surface area contributed by atoms with Crippen molar-refractivity contribution in [2.75, 3.05) is 7.11 Å². The highest BCUT2D eigenvalue weighted by Crippen LogP contribution is 2.30. The molecule has 0 saturated carbocycles. The van der Waals surface area contributed by atoms with Crippen LogP contribution in [0.1, 0.15) is 10.5 Å². The van der Waals surface area contributed by atoms with Gasteiger partial charge in [0.15, 0.2) is 0 Å². The van der Waals surface area contributed by atoms with Gasteiger partial charge in [-0.15, -0.1) is 0 Å². The number of nitrogens with one attached hydrogen (secondary N) is 1. The van der Waals surface area contributed by atoms with Gasteiger partial charge in [-0.05, 0) is 24.3 Å². The van der Waals surface area contributed by atoms with Gasteiger partial charge in [-0.3, -0.25) is 4.98 Å². The third-order valence-electron chi connectivity index (χ3n) is 2.95. The Morgan fingerprint density at radius 3 is 2.95 bits per heavy atom. The van der Waals surface area contributed by atoms with Crippen molar-refractivity contribution in [3.63, 3.8) is 0 Å². The molecule has 0 amide bonds. The fourth-order valence-corrected chi connectivity index (χ4v) is 2.22. The monoisotopic (exact) mass is 287 g/mol. The fourth-order valence-electron chi connectivity index (χ4n) is 2.00. The van der Waals surface area contributed by atoms with E-state index in [0.717, 1.165) is 16.5 Å². The maximum atomic E-state index is 11.4. The molecule has 20 heavy (non-hydrogen) atoms.